The average molecular weight is 541 g/mol. The molecule has 0 unspecified atom stereocenters. The van der Waals surface area contributed by atoms with Crippen molar-refractivity contribution in [3.8, 4) is 0 Å². The van der Waals surface area contributed by atoms with Crippen molar-refractivity contribution in [3.63, 3.8) is 0 Å². The van der Waals surface area contributed by atoms with E-state index in [9.17, 15) is 20.1 Å². The van der Waals surface area contributed by atoms with Gasteiger partial charge < -0.3 is 25.8 Å². The number of piperidine rings is 1. The van der Waals surface area contributed by atoms with E-state index >= 15 is 0 Å². The van der Waals surface area contributed by atoms with Gasteiger partial charge in [0, 0.05) is 24.0 Å². The largest absolute Gasteiger partial charge is 0.861 e. The lowest BCUT2D eigenvalue weighted by Crippen LogP contribution is -2.67. The maximum absolute atomic E-state index is 13.0. The van der Waals surface area contributed by atoms with Gasteiger partial charge in [0.25, 0.3) is 0 Å². The zero-order chi connectivity index (χ0) is 27.7. The van der Waals surface area contributed by atoms with Gasteiger partial charge in [0.15, 0.2) is 5.37 Å². The molecule has 38 heavy (non-hydrogen) atoms. The van der Waals surface area contributed by atoms with E-state index in [1.807, 2.05) is 51.1 Å². The van der Waals surface area contributed by atoms with Crippen LogP contribution in [0.5, 0.6) is 0 Å². The van der Waals surface area contributed by atoms with Crippen molar-refractivity contribution in [2.75, 3.05) is 13.1 Å². The number of quaternary nitrogens is 1. The van der Waals surface area contributed by atoms with E-state index in [0.717, 1.165) is 17.9 Å². The Morgan fingerprint density at radius 2 is 1.63 bits per heavy atom. The molecule has 7 nitrogen and oxygen atoms in total. The molecule has 0 aromatic heterocycles. The number of aromatic carboxylic acids is 1. The predicted octanol–water partition coefficient (Wildman–Crippen LogP) is 2.20. The Balaban J connectivity index is 0.000000375. The van der Waals surface area contributed by atoms with E-state index in [4.69, 9.17) is 0 Å². The first-order chi connectivity index (χ1) is 18.0. The predicted molar refractivity (Wildman–Crippen MR) is 148 cm³/mol. The Bertz CT molecular complexity index is 1030. The first-order valence-electron chi connectivity index (χ1n) is 13.5. The number of carbonyl (C=O) groups is 1. The number of thioether (sulfide) groups is 1. The van der Waals surface area contributed by atoms with E-state index in [-0.39, 0.29) is 28.4 Å². The Morgan fingerprint density at radius 1 is 1.05 bits per heavy atom. The van der Waals surface area contributed by atoms with Gasteiger partial charge in [-0.3, -0.25) is 9.89 Å². The minimum atomic E-state index is -1.13. The van der Waals surface area contributed by atoms with Gasteiger partial charge in [0.05, 0.1) is 11.5 Å². The molecule has 208 valence electrons. The SMILES string of the molecule is CC(C)(C)N=C([O-])[C@@H]1C[C@@H]2CCCC[C@@H]2CN1C[C@@H](O)[C@@H]([NH3+])Sc1ccccc1.O=C([O-])c1ccccc1. The molecule has 2 aliphatic rings. The summed E-state index contributed by atoms with van der Waals surface area (Å²) in [6.07, 6.45) is 5.30. The highest BCUT2D eigenvalue weighted by molar-refractivity contribution is 7.99. The molecule has 1 saturated carbocycles. The number of carboxylic acid groups (broad SMARTS) is 1. The van der Waals surface area contributed by atoms with Crippen LogP contribution in [-0.2, 0) is 0 Å². The standard InChI is InChI=1S/C23H37N3O2S.C7H6O2/c1-23(2,3)25-22(28)19-13-16-9-7-8-10-17(16)14-26(19)15-20(27)21(24)29-18-11-5-4-6-12-18;8-7(9)6-4-2-1-3-5-6/h4-6,11-12,16-17,19-21,27H,7-10,13-15,24H2,1-3H3,(H,25,28);1-5H,(H,8,9)/p-1/t16-,17+,19-,20+,21-;/m0./s1. The highest BCUT2D eigenvalue weighted by atomic mass is 32.2. The Kier molecular flexibility index (Phi) is 11.2. The number of benzene rings is 2. The van der Waals surface area contributed by atoms with Crippen LogP contribution in [0.3, 0.4) is 0 Å². The maximum Gasteiger partial charge on any atom is 0.163 e. The second kappa shape index (κ2) is 14.1. The van der Waals surface area contributed by atoms with Gasteiger partial charge >= 0.3 is 0 Å². The lowest BCUT2D eigenvalue weighted by atomic mass is 9.72. The van der Waals surface area contributed by atoms with Crippen LogP contribution in [-0.4, -0.2) is 58.0 Å². The summed E-state index contributed by atoms with van der Waals surface area (Å²) in [5.74, 6) is 0.107. The fourth-order valence-electron chi connectivity index (χ4n) is 5.25. The molecule has 0 bridgehead atoms. The number of carbonyl (C=O) groups excluding carboxylic acids is 1. The fraction of sp³-hybridized carbons (Fsp3) is 0.533. The number of hydrogen-bond acceptors (Lipinski definition) is 7. The molecule has 1 heterocycles. The van der Waals surface area contributed by atoms with E-state index in [2.05, 4.69) is 15.6 Å². The molecule has 0 spiro atoms. The smallest absolute Gasteiger partial charge is 0.163 e. The highest BCUT2D eigenvalue weighted by Crippen LogP contribution is 2.39. The molecule has 4 N–H and O–H groups in total. The molecule has 0 radical (unpaired) electrons. The summed E-state index contributed by atoms with van der Waals surface area (Å²) >= 11 is 1.59. The first-order valence-corrected chi connectivity index (χ1v) is 14.4. The number of carboxylic acids is 1. The number of β-amino-alcohol motifs (C(OH)–C–C–N with tert-alkyl or cyclic N) is 1. The van der Waals surface area contributed by atoms with Crippen LogP contribution < -0.4 is 15.9 Å². The van der Waals surface area contributed by atoms with Gasteiger partial charge in [-0.2, -0.15) is 0 Å². The summed E-state index contributed by atoms with van der Waals surface area (Å²) in [5, 5.41) is 33.8. The van der Waals surface area contributed by atoms with Crippen molar-refractivity contribution in [1.82, 2.24) is 4.90 Å². The van der Waals surface area contributed by atoms with E-state index in [1.54, 1.807) is 30.0 Å². The number of nitrogens with zero attached hydrogens (tertiary/aromatic N) is 2. The Hall–Kier alpha value is -2.39. The van der Waals surface area contributed by atoms with Gasteiger partial charge in [-0.15, -0.1) is 0 Å². The number of fused-ring (bicyclic) bond motifs is 1. The second-order valence-electron chi connectivity index (χ2n) is 11.3. The quantitative estimate of drug-likeness (QED) is 0.240. The Labute approximate surface area is 231 Å². The third-order valence-corrected chi connectivity index (χ3v) is 8.29. The zero-order valence-electron chi connectivity index (χ0n) is 22.8. The minimum Gasteiger partial charge on any atom is -0.861 e. The molecule has 2 fully saturated rings. The van der Waals surface area contributed by atoms with Crippen molar-refractivity contribution >= 4 is 23.6 Å². The summed E-state index contributed by atoms with van der Waals surface area (Å²) in [6, 6.07) is 17.9. The van der Waals surface area contributed by atoms with Crippen LogP contribution in [0.15, 0.2) is 70.6 Å². The monoisotopic (exact) mass is 540 g/mol. The third-order valence-electron chi connectivity index (χ3n) is 7.12. The lowest BCUT2D eigenvalue weighted by molar-refractivity contribution is -0.403. The summed E-state index contributed by atoms with van der Waals surface area (Å²) < 4.78 is 0. The number of aliphatic hydroxyl groups is 1. The zero-order valence-corrected chi connectivity index (χ0v) is 23.6. The molecule has 2 aromatic carbocycles. The summed E-state index contributed by atoms with van der Waals surface area (Å²) in [4.78, 5) is 17.9. The van der Waals surface area contributed by atoms with Crippen LogP contribution in [0.25, 0.3) is 0 Å². The van der Waals surface area contributed by atoms with Gasteiger partial charge in [0.1, 0.15) is 6.10 Å². The van der Waals surface area contributed by atoms with Crippen LogP contribution in [0.2, 0.25) is 0 Å². The van der Waals surface area contributed by atoms with Gasteiger partial charge in [-0.1, -0.05) is 79.6 Å². The molecule has 8 heteroatoms. The van der Waals surface area contributed by atoms with Crippen LogP contribution in [0.1, 0.15) is 63.2 Å². The van der Waals surface area contributed by atoms with Crippen LogP contribution in [0.4, 0.5) is 0 Å². The van der Waals surface area contributed by atoms with Crippen molar-refractivity contribution in [2.45, 2.75) is 80.8 Å². The Morgan fingerprint density at radius 3 is 2.18 bits per heavy atom. The highest BCUT2D eigenvalue weighted by Gasteiger charge is 2.38. The number of rotatable bonds is 7. The number of likely N-dealkylation sites (tertiary alicyclic amines) is 1. The number of aliphatic imine (C=N–C) groups is 1. The van der Waals surface area contributed by atoms with E-state index in [0.29, 0.717) is 18.4 Å². The minimum absolute atomic E-state index is 0.0231. The fourth-order valence-corrected chi connectivity index (χ4v) is 6.15. The molecular weight excluding hydrogens is 498 g/mol. The third kappa shape index (κ3) is 9.42. The maximum atomic E-state index is 13.0. The topological polar surface area (TPSA) is 127 Å². The first kappa shape index (κ1) is 30.2. The molecule has 5 atom stereocenters. The normalized spacial score (nSPS) is 23.9. The number of aliphatic hydroxyl groups excluding tert-OH is 1. The molecule has 2 aromatic rings. The summed E-state index contributed by atoms with van der Waals surface area (Å²) in [5.41, 5.74) is 4.04. The molecular formula is C30H42N3O4S-. The second-order valence-corrected chi connectivity index (χ2v) is 12.6. The lowest BCUT2D eigenvalue weighted by Gasteiger charge is -2.48. The van der Waals surface area contributed by atoms with Crippen molar-refractivity contribution < 1.29 is 25.8 Å². The molecule has 1 saturated heterocycles. The van der Waals surface area contributed by atoms with E-state index < -0.39 is 12.1 Å². The van der Waals surface area contributed by atoms with Crippen LogP contribution >= 0.6 is 11.8 Å². The van der Waals surface area contributed by atoms with Gasteiger partial charge in [-0.25, -0.2) is 0 Å². The van der Waals surface area contributed by atoms with Crippen molar-refractivity contribution in [3.05, 3.63) is 66.2 Å². The average Bonchev–Trinajstić information content (AvgIpc) is 2.88. The van der Waals surface area contributed by atoms with E-state index in [1.165, 1.54) is 37.8 Å². The number of hydrogen-bond donors (Lipinski definition) is 2. The molecule has 4 rings (SSSR count). The summed E-state index contributed by atoms with van der Waals surface area (Å²) in [7, 11) is 0. The van der Waals surface area contributed by atoms with Crippen molar-refractivity contribution in [1.29, 1.82) is 0 Å². The van der Waals surface area contributed by atoms with Gasteiger partial charge in [0.2, 0.25) is 0 Å². The molecule has 1 aliphatic carbocycles. The van der Waals surface area contributed by atoms with Gasteiger partial charge in [-0.05, 0) is 69.0 Å². The van der Waals surface area contributed by atoms with Crippen LogP contribution in [0, 0.1) is 11.8 Å². The molecule has 0 amide bonds. The van der Waals surface area contributed by atoms with Crippen molar-refractivity contribution in [2.24, 2.45) is 16.8 Å². The molecule has 1 aliphatic heterocycles. The summed E-state index contributed by atoms with van der Waals surface area (Å²) in [6.45, 7) is 7.28.